The zero-order chi connectivity index (χ0) is 16.2. The number of nitrogens with zero attached hydrogens (tertiary/aromatic N) is 1. The lowest BCUT2D eigenvalue weighted by atomic mass is 9.97. The second kappa shape index (κ2) is 7.10. The number of hydrogen-bond acceptors (Lipinski definition) is 4. The van der Waals surface area contributed by atoms with Crippen molar-refractivity contribution in [2.45, 2.75) is 19.4 Å². The molecule has 2 aromatic rings. The van der Waals surface area contributed by atoms with Crippen molar-refractivity contribution in [1.82, 2.24) is 4.98 Å². The molecule has 1 fully saturated rings. The maximum absolute atomic E-state index is 11.4. The number of likely N-dealkylation sites (tertiary alicyclic amines) is 1. The summed E-state index contributed by atoms with van der Waals surface area (Å²) in [5.41, 5.74) is 7.64. The molecule has 3 rings (SSSR count). The monoisotopic (exact) mass is 332 g/mol. The van der Waals surface area contributed by atoms with Gasteiger partial charge in [-0.1, -0.05) is 0 Å². The van der Waals surface area contributed by atoms with Gasteiger partial charge in [0.2, 0.25) is 5.91 Å². The smallest absolute Gasteiger partial charge is 0.226 e. The van der Waals surface area contributed by atoms with Crippen molar-refractivity contribution in [2.75, 3.05) is 20.2 Å². The molecule has 1 saturated heterocycles. The molecule has 1 amide bonds. The van der Waals surface area contributed by atoms with Crippen LogP contribution in [0.4, 0.5) is 0 Å². The highest BCUT2D eigenvalue weighted by molar-refractivity contribution is 7.13. The van der Waals surface area contributed by atoms with Crippen LogP contribution in [0.1, 0.15) is 18.5 Å². The fourth-order valence-corrected chi connectivity index (χ4v) is 3.89. The van der Waals surface area contributed by atoms with E-state index in [4.69, 9.17) is 15.5 Å². The second-order valence-electron chi connectivity index (χ2n) is 5.99. The third-order valence-corrected chi connectivity index (χ3v) is 5.28. The summed E-state index contributed by atoms with van der Waals surface area (Å²) in [6.07, 6.45) is 1.98. The number of methoxy groups -OCH3 is 1. The number of amides is 1. The highest BCUT2D eigenvalue weighted by atomic mass is 32.1. The van der Waals surface area contributed by atoms with Gasteiger partial charge in [-0.15, -0.1) is 11.3 Å². The minimum atomic E-state index is -0.167. The summed E-state index contributed by atoms with van der Waals surface area (Å²) in [5, 5.41) is 3.13. The first-order chi connectivity index (χ1) is 11.2. The van der Waals surface area contributed by atoms with Gasteiger partial charge >= 0.3 is 0 Å². The Morgan fingerprint density at radius 1 is 1.43 bits per heavy atom. The van der Waals surface area contributed by atoms with Crippen LogP contribution in [0.15, 0.2) is 29.6 Å². The molecule has 23 heavy (non-hydrogen) atoms. The molecule has 0 radical (unpaired) electrons. The Bertz CT molecular complexity index is 669. The predicted octanol–water partition coefficient (Wildman–Crippen LogP) is 1.10. The van der Waals surface area contributed by atoms with Crippen LogP contribution in [0.5, 0.6) is 5.75 Å². The van der Waals surface area contributed by atoms with E-state index in [0.29, 0.717) is 0 Å². The van der Waals surface area contributed by atoms with Gasteiger partial charge in [0.15, 0.2) is 0 Å². The first-order valence-electron chi connectivity index (χ1n) is 7.87. The third kappa shape index (κ3) is 3.89. The van der Waals surface area contributed by atoms with E-state index in [1.54, 1.807) is 18.4 Å². The molecular formula is C17H22N3O2S+. The Morgan fingerprint density at radius 3 is 2.91 bits per heavy atom. The number of nitrogens with one attached hydrogen (secondary N) is 1. The number of thiazole rings is 1. The Hall–Kier alpha value is -1.92. The van der Waals surface area contributed by atoms with Crippen molar-refractivity contribution in [3.63, 3.8) is 0 Å². The van der Waals surface area contributed by atoms with Crippen LogP contribution < -0.4 is 15.4 Å². The summed E-state index contributed by atoms with van der Waals surface area (Å²) in [7, 11) is 1.66. The molecule has 0 aliphatic carbocycles. The maximum Gasteiger partial charge on any atom is 0.226 e. The van der Waals surface area contributed by atoms with Crippen molar-refractivity contribution in [1.29, 1.82) is 0 Å². The van der Waals surface area contributed by atoms with E-state index in [-0.39, 0.29) is 11.8 Å². The van der Waals surface area contributed by atoms with Gasteiger partial charge in [0, 0.05) is 10.9 Å². The lowest BCUT2D eigenvalue weighted by Gasteiger charge is -2.27. The predicted molar refractivity (Wildman–Crippen MR) is 90.4 cm³/mol. The summed E-state index contributed by atoms with van der Waals surface area (Å²) in [6.45, 7) is 2.76. The van der Waals surface area contributed by atoms with Gasteiger partial charge in [0.1, 0.15) is 23.0 Å². The van der Waals surface area contributed by atoms with Crippen molar-refractivity contribution in [3.05, 3.63) is 35.3 Å². The lowest BCUT2D eigenvalue weighted by Crippen LogP contribution is -3.12. The zero-order valence-corrected chi connectivity index (χ0v) is 14.1. The number of hydrogen-bond donors (Lipinski definition) is 2. The molecular weight excluding hydrogens is 310 g/mol. The van der Waals surface area contributed by atoms with E-state index in [1.807, 2.05) is 24.3 Å². The van der Waals surface area contributed by atoms with E-state index in [2.05, 4.69) is 5.38 Å². The average Bonchev–Trinajstić information content (AvgIpc) is 3.03. The molecule has 0 spiro atoms. The van der Waals surface area contributed by atoms with Gasteiger partial charge in [-0.2, -0.15) is 0 Å². The molecule has 1 unspecified atom stereocenters. The second-order valence-corrected chi connectivity index (χ2v) is 6.85. The number of carbonyl (C=O) groups is 1. The average molecular weight is 332 g/mol. The number of quaternary nitrogens is 1. The number of rotatable bonds is 5. The largest absolute Gasteiger partial charge is 0.497 e. The van der Waals surface area contributed by atoms with Gasteiger partial charge in [-0.05, 0) is 37.1 Å². The molecule has 1 aromatic heterocycles. The standard InChI is InChI=1S/C17H21N3O2S/c1-22-15-6-4-12(5-7-15)17-19-14(11-23-17)10-20-8-2-3-13(9-20)16(18)21/h4-7,11,13H,2-3,8-10H2,1H3,(H2,18,21)/p+1/t13-/m1/s1. The first kappa shape index (κ1) is 16.0. The Balaban J connectivity index is 1.65. The van der Waals surface area contributed by atoms with E-state index < -0.39 is 0 Å². The fourth-order valence-electron chi connectivity index (χ4n) is 3.06. The number of piperidine rings is 1. The van der Waals surface area contributed by atoms with Crippen LogP contribution in [0.3, 0.4) is 0 Å². The molecule has 6 heteroatoms. The highest BCUT2D eigenvalue weighted by Crippen LogP contribution is 2.25. The molecule has 122 valence electrons. The van der Waals surface area contributed by atoms with Gasteiger partial charge in [0.25, 0.3) is 0 Å². The Morgan fingerprint density at radius 2 is 2.22 bits per heavy atom. The Labute approximate surface area is 140 Å². The van der Waals surface area contributed by atoms with Gasteiger partial charge in [-0.3, -0.25) is 4.79 Å². The summed E-state index contributed by atoms with van der Waals surface area (Å²) < 4.78 is 5.18. The Kier molecular flexibility index (Phi) is 4.93. The van der Waals surface area contributed by atoms with E-state index in [1.165, 1.54) is 4.90 Å². The first-order valence-corrected chi connectivity index (χ1v) is 8.75. The van der Waals surface area contributed by atoms with Crippen molar-refractivity contribution in [3.8, 4) is 16.3 Å². The lowest BCUT2D eigenvalue weighted by molar-refractivity contribution is -0.921. The molecule has 2 heterocycles. The number of carbonyl (C=O) groups excluding carboxylic acids is 1. The van der Waals surface area contributed by atoms with Crippen LogP contribution in [-0.4, -0.2) is 31.1 Å². The van der Waals surface area contributed by atoms with Crippen LogP contribution in [0.25, 0.3) is 10.6 Å². The third-order valence-electron chi connectivity index (χ3n) is 4.34. The maximum atomic E-state index is 11.4. The SMILES string of the molecule is COc1ccc(-c2nc(C[NH+]3CCC[C@@H](C(N)=O)C3)cs2)cc1. The van der Waals surface area contributed by atoms with Crippen molar-refractivity contribution < 1.29 is 14.4 Å². The van der Waals surface area contributed by atoms with E-state index in [9.17, 15) is 4.79 Å². The molecule has 5 nitrogen and oxygen atoms in total. The number of primary amides is 1. The molecule has 1 aromatic carbocycles. The quantitative estimate of drug-likeness (QED) is 0.861. The summed E-state index contributed by atoms with van der Waals surface area (Å²) in [6, 6.07) is 7.95. The number of nitrogens with two attached hydrogens (primary N) is 1. The van der Waals surface area contributed by atoms with E-state index in [0.717, 1.165) is 54.5 Å². The van der Waals surface area contributed by atoms with Crippen molar-refractivity contribution in [2.24, 2.45) is 11.7 Å². The molecule has 1 aliphatic rings. The minimum absolute atomic E-state index is 0.0124. The zero-order valence-electron chi connectivity index (χ0n) is 13.2. The summed E-state index contributed by atoms with van der Waals surface area (Å²) >= 11 is 1.65. The molecule has 3 N–H and O–H groups in total. The van der Waals surface area contributed by atoms with Crippen LogP contribution in [0, 0.1) is 5.92 Å². The molecule has 0 bridgehead atoms. The summed E-state index contributed by atoms with van der Waals surface area (Å²) in [4.78, 5) is 17.5. The summed E-state index contributed by atoms with van der Waals surface area (Å²) in [5.74, 6) is 0.693. The van der Waals surface area contributed by atoms with Crippen LogP contribution >= 0.6 is 11.3 Å². The number of ether oxygens (including phenoxy) is 1. The van der Waals surface area contributed by atoms with Gasteiger partial charge < -0.3 is 15.4 Å². The highest BCUT2D eigenvalue weighted by Gasteiger charge is 2.27. The van der Waals surface area contributed by atoms with E-state index >= 15 is 0 Å². The van der Waals surface area contributed by atoms with Gasteiger partial charge in [-0.25, -0.2) is 4.98 Å². The van der Waals surface area contributed by atoms with Crippen LogP contribution in [0.2, 0.25) is 0 Å². The number of aromatic nitrogens is 1. The molecule has 0 saturated carbocycles. The minimum Gasteiger partial charge on any atom is -0.497 e. The number of benzene rings is 1. The van der Waals surface area contributed by atoms with Crippen LogP contribution in [-0.2, 0) is 11.3 Å². The normalized spacial score (nSPS) is 21.1. The molecule has 1 aliphatic heterocycles. The molecule has 2 atom stereocenters. The topological polar surface area (TPSA) is 69.7 Å². The van der Waals surface area contributed by atoms with Crippen molar-refractivity contribution >= 4 is 17.2 Å². The van der Waals surface area contributed by atoms with Gasteiger partial charge in [0.05, 0.1) is 26.1 Å². The fraction of sp³-hybridized carbons (Fsp3) is 0.412.